The van der Waals surface area contributed by atoms with Crippen molar-refractivity contribution in [2.45, 2.75) is 19.5 Å². The summed E-state index contributed by atoms with van der Waals surface area (Å²) >= 11 is 0. The molecular formula is C22H23N3O3. The molecule has 0 saturated carbocycles. The second-order valence-corrected chi connectivity index (χ2v) is 6.81. The Hall–Kier alpha value is -3.28. The molecule has 0 radical (unpaired) electrons. The summed E-state index contributed by atoms with van der Waals surface area (Å²) in [6.07, 6.45) is 0.793. The van der Waals surface area contributed by atoms with Crippen molar-refractivity contribution in [3.05, 3.63) is 77.1 Å². The standard InChI is InChI=1S/C22H23N3O3/c1-27-19-8-9-20(21(14-19)28-2)22(26)24-10-11-25-18(15-24)13-17(23-25)12-16-6-4-3-5-7-16/h3-9,13-14H,10-12,15H2,1-2H3. The Bertz CT molecular complexity index is 982. The molecule has 4 rings (SSSR count). The number of aromatic nitrogens is 2. The summed E-state index contributed by atoms with van der Waals surface area (Å²) in [5.74, 6) is 1.14. The molecule has 144 valence electrons. The molecule has 0 N–H and O–H groups in total. The first-order chi connectivity index (χ1) is 13.7. The molecule has 0 spiro atoms. The monoisotopic (exact) mass is 377 g/mol. The topological polar surface area (TPSA) is 56.6 Å². The molecule has 2 aromatic carbocycles. The number of fused-ring (bicyclic) bond motifs is 1. The fourth-order valence-electron chi connectivity index (χ4n) is 3.54. The largest absolute Gasteiger partial charge is 0.497 e. The highest BCUT2D eigenvalue weighted by atomic mass is 16.5. The number of ether oxygens (including phenoxy) is 2. The van der Waals surface area contributed by atoms with E-state index in [9.17, 15) is 4.79 Å². The van der Waals surface area contributed by atoms with Crippen molar-refractivity contribution in [2.75, 3.05) is 20.8 Å². The zero-order chi connectivity index (χ0) is 19.5. The molecule has 28 heavy (non-hydrogen) atoms. The first-order valence-corrected chi connectivity index (χ1v) is 9.29. The molecule has 3 aromatic rings. The summed E-state index contributed by atoms with van der Waals surface area (Å²) in [6, 6.07) is 17.7. The zero-order valence-electron chi connectivity index (χ0n) is 16.1. The molecule has 0 atom stereocenters. The van der Waals surface area contributed by atoms with Gasteiger partial charge in [0.2, 0.25) is 0 Å². The van der Waals surface area contributed by atoms with Crippen LogP contribution in [0, 0.1) is 0 Å². The molecule has 1 aliphatic heterocycles. The quantitative estimate of drug-likeness (QED) is 0.685. The number of carbonyl (C=O) groups excluding carboxylic acids is 1. The number of carbonyl (C=O) groups is 1. The maximum absolute atomic E-state index is 13.1. The number of hydrogen-bond acceptors (Lipinski definition) is 4. The lowest BCUT2D eigenvalue weighted by Gasteiger charge is -2.28. The predicted molar refractivity (Wildman–Crippen MR) is 106 cm³/mol. The highest BCUT2D eigenvalue weighted by molar-refractivity contribution is 5.97. The second kappa shape index (κ2) is 7.76. The molecule has 6 heteroatoms. The van der Waals surface area contributed by atoms with E-state index in [2.05, 4.69) is 18.2 Å². The SMILES string of the molecule is COc1ccc(C(=O)N2CCn3nc(Cc4ccccc4)cc3C2)c(OC)c1. The van der Waals surface area contributed by atoms with Crippen LogP contribution in [0.4, 0.5) is 0 Å². The summed E-state index contributed by atoms with van der Waals surface area (Å²) in [4.78, 5) is 14.9. The Labute approximate surface area is 164 Å². The van der Waals surface area contributed by atoms with Gasteiger partial charge in [-0.25, -0.2) is 0 Å². The van der Waals surface area contributed by atoms with E-state index in [1.165, 1.54) is 5.56 Å². The highest BCUT2D eigenvalue weighted by Gasteiger charge is 2.25. The molecule has 0 aliphatic carbocycles. The third-order valence-electron chi connectivity index (χ3n) is 5.00. The maximum atomic E-state index is 13.1. The Morgan fingerprint density at radius 2 is 1.86 bits per heavy atom. The van der Waals surface area contributed by atoms with Crippen molar-refractivity contribution in [1.82, 2.24) is 14.7 Å². The van der Waals surface area contributed by atoms with Gasteiger partial charge in [-0.2, -0.15) is 5.10 Å². The average Bonchev–Trinajstić information content (AvgIpc) is 3.14. The lowest BCUT2D eigenvalue weighted by atomic mass is 10.1. The van der Waals surface area contributed by atoms with Gasteiger partial charge >= 0.3 is 0 Å². The van der Waals surface area contributed by atoms with Crippen LogP contribution < -0.4 is 9.47 Å². The van der Waals surface area contributed by atoms with Crippen molar-refractivity contribution in [2.24, 2.45) is 0 Å². The minimum absolute atomic E-state index is 0.0448. The lowest BCUT2D eigenvalue weighted by molar-refractivity contribution is 0.0702. The van der Waals surface area contributed by atoms with Crippen LogP contribution in [0.5, 0.6) is 11.5 Å². The maximum Gasteiger partial charge on any atom is 0.258 e. The van der Waals surface area contributed by atoms with E-state index in [1.54, 1.807) is 32.4 Å². The Balaban J connectivity index is 1.52. The summed E-state index contributed by atoms with van der Waals surface area (Å²) in [6.45, 7) is 1.84. The van der Waals surface area contributed by atoms with Gasteiger partial charge in [0, 0.05) is 19.0 Å². The van der Waals surface area contributed by atoms with Crippen LogP contribution >= 0.6 is 0 Å². The van der Waals surface area contributed by atoms with Gasteiger partial charge in [0.05, 0.1) is 44.3 Å². The van der Waals surface area contributed by atoms with Gasteiger partial charge < -0.3 is 14.4 Å². The van der Waals surface area contributed by atoms with Crippen LogP contribution in [0.1, 0.15) is 27.3 Å². The first-order valence-electron chi connectivity index (χ1n) is 9.29. The van der Waals surface area contributed by atoms with Crippen LogP contribution in [0.2, 0.25) is 0 Å². The number of hydrogen-bond donors (Lipinski definition) is 0. The van der Waals surface area contributed by atoms with Crippen LogP contribution in [0.3, 0.4) is 0 Å². The van der Waals surface area contributed by atoms with Gasteiger partial charge in [0.15, 0.2) is 0 Å². The molecular weight excluding hydrogens is 354 g/mol. The Morgan fingerprint density at radius 3 is 2.61 bits per heavy atom. The van der Waals surface area contributed by atoms with Crippen LogP contribution in [0.25, 0.3) is 0 Å². The van der Waals surface area contributed by atoms with Crippen molar-refractivity contribution in [1.29, 1.82) is 0 Å². The van der Waals surface area contributed by atoms with Crippen LogP contribution in [0.15, 0.2) is 54.6 Å². The van der Waals surface area contributed by atoms with Gasteiger partial charge in [-0.15, -0.1) is 0 Å². The lowest BCUT2D eigenvalue weighted by Crippen LogP contribution is -2.38. The van der Waals surface area contributed by atoms with E-state index in [1.807, 2.05) is 27.8 Å². The Morgan fingerprint density at radius 1 is 1.04 bits per heavy atom. The highest BCUT2D eigenvalue weighted by Crippen LogP contribution is 2.27. The van der Waals surface area contributed by atoms with Gasteiger partial charge in [-0.05, 0) is 23.8 Å². The molecule has 0 fully saturated rings. The Kier molecular flexibility index (Phi) is 5.02. The smallest absolute Gasteiger partial charge is 0.258 e. The summed E-state index contributed by atoms with van der Waals surface area (Å²) in [5.41, 5.74) is 3.85. The zero-order valence-corrected chi connectivity index (χ0v) is 16.1. The van der Waals surface area contributed by atoms with Crippen LogP contribution in [-0.2, 0) is 19.5 Å². The fourth-order valence-corrected chi connectivity index (χ4v) is 3.54. The second-order valence-electron chi connectivity index (χ2n) is 6.81. The first kappa shape index (κ1) is 18.1. The third kappa shape index (κ3) is 3.58. The van der Waals surface area contributed by atoms with Gasteiger partial charge in [0.1, 0.15) is 11.5 Å². The molecule has 0 saturated heterocycles. The normalized spacial score (nSPS) is 13.1. The summed E-state index contributed by atoms with van der Waals surface area (Å²) in [7, 11) is 3.15. The van der Waals surface area contributed by atoms with Gasteiger partial charge in [-0.3, -0.25) is 9.48 Å². The molecule has 1 aliphatic rings. The molecule has 2 heterocycles. The summed E-state index contributed by atoms with van der Waals surface area (Å²) < 4.78 is 12.6. The fraction of sp³-hybridized carbons (Fsp3) is 0.273. The average molecular weight is 377 g/mol. The molecule has 1 aromatic heterocycles. The molecule has 0 bridgehead atoms. The van der Waals surface area contributed by atoms with E-state index in [-0.39, 0.29) is 5.91 Å². The third-order valence-corrected chi connectivity index (χ3v) is 5.00. The van der Waals surface area contributed by atoms with E-state index in [0.29, 0.717) is 36.7 Å². The predicted octanol–water partition coefficient (Wildman–Crippen LogP) is 3.15. The van der Waals surface area contributed by atoms with Crippen molar-refractivity contribution < 1.29 is 14.3 Å². The van der Waals surface area contributed by atoms with E-state index in [4.69, 9.17) is 14.6 Å². The van der Waals surface area contributed by atoms with E-state index in [0.717, 1.165) is 17.8 Å². The van der Waals surface area contributed by atoms with E-state index < -0.39 is 0 Å². The number of nitrogens with zero attached hydrogens (tertiary/aromatic N) is 3. The van der Waals surface area contributed by atoms with Crippen molar-refractivity contribution in [3.8, 4) is 11.5 Å². The molecule has 6 nitrogen and oxygen atoms in total. The van der Waals surface area contributed by atoms with Crippen molar-refractivity contribution >= 4 is 5.91 Å². The molecule has 0 unspecified atom stereocenters. The van der Waals surface area contributed by atoms with E-state index >= 15 is 0 Å². The molecule has 1 amide bonds. The summed E-state index contributed by atoms with van der Waals surface area (Å²) in [5, 5.41) is 4.71. The van der Waals surface area contributed by atoms with Gasteiger partial charge in [-0.1, -0.05) is 30.3 Å². The number of methoxy groups -OCH3 is 2. The van der Waals surface area contributed by atoms with Crippen LogP contribution in [-0.4, -0.2) is 41.4 Å². The minimum Gasteiger partial charge on any atom is -0.497 e. The van der Waals surface area contributed by atoms with Gasteiger partial charge in [0.25, 0.3) is 5.91 Å². The number of amides is 1. The number of rotatable bonds is 5. The number of benzene rings is 2. The van der Waals surface area contributed by atoms with Crippen molar-refractivity contribution in [3.63, 3.8) is 0 Å². The minimum atomic E-state index is -0.0448.